The van der Waals surface area contributed by atoms with Crippen LogP contribution in [0.5, 0.6) is 5.75 Å². The second-order valence-electron chi connectivity index (χ2n) is 5.04. The topological polar surface area (TPSA) is 75.7 Å². The number of anilines is 1. The third kappa shape index (κ3) is 3.95. The van der Waals surface area contributed by atoms with Gasteiger partial charge in [-0.15, -0.1) is 0 Å². The van der Waals surface area contributed by atoms with Gasteiger partial charge in [-0.05, 0) is 30.7 Å². The molecule has 1 atom stereocenters. The molecule has 1 aliphatic heterocycles. The number of benzene rings is 1. The van der Waals surface area contributed by atoms with Gasteiger partial charge < -0.3 is 9.64 Å². The Balaban J connectivity index is 2.05. The average molecular weight is 312 g/mol. The highest BCUT2D eigenvalue weighted by Gasteiger charge is 2.32. The molecule has 116 valence electrons. The Labute approximate surface area is 125 Å². The number of sulfonamides is 1. The quantitative estimate of drug-likeness (QED) is 0.854. The molecule has 1 fully saturated rings. The zero-order chi connectivity index (χ0) is 15.5. The standard InChI is InChI=1S/C14H20N2O4S/c1-3-8-21(18,19)15-11-9-14(17)16(10-11)12-4-6-13(20-2)7-5-12/h4-7,11,15H,3,8-10H2,1-2H3. The summed E-state index contributed by atoms with van der Waals surface area (Å²) in [6, 6.07) is 6.77. The molecular weight excluding hydrogens is 292 g/mol. The summed E-state index contributed by atoms with van der Waals surface area (Å²) < 4.78 is 31.2. The van der Waals surface area contributed by atoms with Crippen molar-refractivity contribution in [1.29, 1.82) is 0 Å². The number of nitrogens with zero attached hydrogens (tertiary/aromatic N) is 1. The number of methoxy groups -OCH3 is 1. The lowest BCUT2D eigenvalue weighted by Gasteiger charge is -2.17. The number of carbonyl (C=O) groups excluding carboxylic acids is 1. The van der Waals surface area contributed by atoms with Gasteiger partial charge >= 0.3 is 0 Å². The van der Waals surface area contributed by atoms with Gasteiger partial charge in [0, 0.05) is 24.7 Å². The van der Waals surface area contributed by atoms with E-state index in [2.05, 4.69) is 4.72 Å². The van der Waals surface area contributed by atoms with E-state index >= 15 is 0 Å². The minimum atomic E-state index is -3.30. The normalized spacial score (nSPS) is 19.0. The van der Waals surface area contributed by atoms with Crippen LogP contribution in [0.3, 0.4) is 0 Å². The van der Waals surface area contributed by atoms with E-state index in [1.165, 1.54) is 0 Å². The predicted molar refractivity (Wildman–Crippen MR) is 81.0 cm³/mol. The highest BCUT2D eigenvalue weighted by molar-refractivity contribution is 7.89. The highest BCUT2D eigenvalue weighted by atomic mass is 32.2. The first-order valence-corrected chi connectivity index (χ1v) is 8.55. The Morgan fingerprint density at radius 2 is 2.00 bits per heavy atom. The Kier molecular flexibility index (Phi) is 4.84. The van der Waals surface area contributed by atoms with E-state index < -0.39 is 10.0 Å². The molecule has 1 aliphatic rings. The van der Waals surface area contributed by atoms with Crippen LogP contribution in [0.2, 0.25) is 0 Å². The first-order valence-electron chi connectivity index (χ1n) is 6.89. The van der Waals surface area contributed by atoms with Crippen molar-refractivity contribution in [3.8, 4) is 5.75 Å². The van der Waals surface area contributed by atoms with Crippen LogP contribution < -0.4 is 14.4 Å². The number of carbonyl (C=O) groups is 1. The number of ether oxygens (including phenoxy) is 1. The average Bonchev–Trinajstić information content (AvgIpc) is 2.78. The van der Waals surface area contributed by atoms with Crippen LogP contribution in [0.4, 0.5) is 5.69 Å². The molecule has 6 nitrogen and oxygen atoms in total. The van der Waals surface area contributed by atoms with Gasteiger partial charge in [-0.1, -0.05) is 6.92 Å². The molecule has 0 aromatic heterocycles. The summed E-state index contributed by atoms with van der Waals surface area (Å²) in [5.74, 6) is 0.718. The molecule has 1 amide bonds. The van der Waals surface area contributed by atoms with Gasteiger partial charge in [0.05, 0.1) is 12.9 Å². The summed E-state index contributed by atoms with van der Waals surface area (Å²) in [4.78, 5) is 13.6. The van der Waals surface area contributed by atoms with Gasteiger partial charge in [-0.2, -0.15) is 0 Å². The van der Waals surface area contributed by atoms with Gasteiger partial charge in [0.25, 0.3) is 0 Å². The summed E-state index contributed by atoms with van der Waals surface area (Å²) >= 11 is 0. The molecule has 0 radical (unpaired) electrons. The predicted octanol–water partition coefficient (Wildman–Crippen LogP) is 1.13. The van der Waals surface area contributed by atoms with E-state index in [4.69, 9.17) is 4.74 Å². The highest BCUT2D eigenvalue weighted by Crippen LogP contribution is 2.24. The summed E-state index contributed by atoms with van der Waals surface area (Å²) in [6.45, 7) is 2.16. The Hall–Kier alpha value is -1.60. The van der Waals surface area contributed by atoms with E-state index in [-0.39, 0.29) is 24.1 Å². The maximum absolute atomic E-state index is 12.0. The summed E-state index contributed by atoms with van der Waals surface area (Å²) in [5.41, 5.74) is 0.748. The van der Waals surface area contributed by atoms with Crippen LogP contribution in [-0.4, -0.2) is 39.8 Å². The van der Waals surface area contributed by atoms with E-state index in [1.54, 1.807) is 36.3 Å². The van der Waals surface area contributed by atoms with Crippen molar-refractivity contribution >= 4 is 21.6 Å². The van der Waals surface area contributed by atoms with E-state index in [0.717, 1.165) is 5.69 Å². The molecule has 1 unspecified atom stereocenters. The maximum Gasteiger partial charge on any atom is 0.228 e. The van der Waals surface area contributed by atoms with Gasteiger partial charge in [-0.25, -0.2) is 13.1 Å². The van der Waals surface area contributed by atoms with Crippen LogP contribution in [0.25, 0.3) is 0 Å². The molecule has 1 aromatic rings. The molecule has 1 N–H and O–H groups in total. The maximum atomic E-state index is 12.0. The van der Waals surface area contributed by atoms with Gasteiger partial charge in [0.1, 0.15) is 5.75 Å². The smallest absolute Gasteiger partial charge is 0.228 e. The third-order valence-electron chi connectivity index (χ3n) is 3.33. The molecule has 1 saturated heterocycles. The lowest BCUT2D eigenvalue weighted by molar-refractivity contribution is -0.117. The Bertz CT molecular complexity index is 598. The minimum absolute atomic E-state index is 0.0793. The van der Waals surface area contributed by atoms with E-state index in [0.29, 0.717) is 18.7 Å². The van der Waals surface area contributed by atoms with Gasteiger partial charge in [0.15, 0.2) is 0 Å². The monoisotopic (exact) mass is 312 g/mol. The van der Waals surface area contributed by atoms with Crippen molar-refractivity contribution in [2.24, 2.45) is 0 Å². The van der Waals surface area contributed by atoms with Crippen LogP contribution in [0, 0.1) is 0 Å². The fourth-order valence-electron chi connectivity index (χ4n) is 2.38. The van der Waals surface area contributed by atoms with Crippen molar-refractivity contribution in [3.05, 3.63) is 24.3 Å². The summed E-state index contributed by atoms with van der Waals surface area (Å²) in [5, 5.41) is 0. The largest absolute Gasteiger partial charge is 0.497 e. The lowest BCUT2D eigenvalue weighted by atomic mass is 10.3. The number of hydrogen-bond donors (Lipinski definition) is 1. The number of amides is 1. The third-order valence-corrected chi connectivity index (χ3v) is 4.97. The number of nitrogens with one attached hydrogen (secondary N) is 1. The van der Waals surface area contributed by atoms with E-state index in [1.807, 2.05) is 6.92 Å². The van der Waals surface area contributed by atoms with Crippen molar-refractivity contribution in [1.82, 2.24) is 4.72 Å². The molecule has 0 aliphatic carbocycles. The fourth-order valence-corrected chi connectivity index (χ4v) is 3.70. The van der Waals surface area contributed by atoms with E-state index in [9.17, 15) is 13.2 Å². The van der Waals surface area contributed by atoms with Crippen LogP contribution in [-0.2, 0) is 14.8 Å². The Morgan fingerprint density at radius 3 is 2.57 bits per heavy atom. The van der Waals surface area contributed by atoms with Crippen LogP contribution >= 0.6 is 0 Å². The molecule has 0 saturated carbocycles. The van der Waals surface area contributed by atoms with Crippen molar-refractivity contribution in [2.45, 2.75) is 25.8 Å². The van der Waals surface area contributed by atoms with Gasteiger partial charge in [0.2, 0.25) is 15.9 Å². The molecule has 1 heterocycles. The fraction of sp³-hybridized carbons (Fsp3) is 0.500. The van der Waals surface area contributed by atoms with Crippen molar-refractivity contribution < 1.29 is 17.9 Å². The molecule has 21 heavy (non-hydrogen) atoms. The molecule has 0 spiro atoms. The molecular formula is C14H20N2O4S. The summed E-state index contributed by atoms with van der Waals surface area (Å²) in [7, 11) is -1.73. The first kappa shape index (κ1) is 15.8. The number of hydrogen-bond acceptors (Lipinski definition) is 4. The minimum Gasteiger partial charge on any atom is -0.497 e. The Morgan fingerprint density at radius 1 is 1.33 bits per heavy atom. The molecule has 7 heteroatoms. The zero-order valence-corrected chi connectivity index (χ0v) is 13.0. The molecule has 1 aromatic carbocycles. The van der Waals surface area contributed by atoms with Crippen molar-refractivity contribution in [3.63, 3.8) is 0 Å². The summed E-state index contributed by atoms with van der Waals surface area (Å²) in [6.07, 6.45) is 0.743. The second-order valence-corrected chi connectivity index (χ2v) is 6.91. The molecule has 0 bridgehead atoms. The first-order chi connectivity index (χ1) is 9.95. The van der Waals surface area contributed by atoms with Crippen molar-refractivity contribution in [2.75, 3.05) is 24.3 Å². The molecule has 2 rings (SSSR count). The SMILES string of the molecule is CCCS(=O)(=O)NC1CC(=O)N(c2ccc(OC)cc2)C1. The van der Waals surface area contributed by atoms with Gasteiger partial charge in [-0.3, -0.25) is 4.79 Å². The number of rotatable bonds is 6. The lowest BCUT2D eigenvalue weighted by Crippen LogP contribution is -2.38. The zero-order valence-electron chi connectivity index (χ0n) is 12.2. The second kappa shape index (κ2) is 6.44. The van der Waals surface area contributed by atoms with Crippen LogP contribution in [0.15, 0.2) is 24.3 Å². The van der Waals surface area contributed by atoms with Crippen LogP contribution in [0.1, 0.15) is 19.8 Å².